The summed E-state index contributed by atoms with van der Waals surface area (Å²) in [5, 5.41) is 13.6. The first-order valence-corrected chi connectivity index (χ1v) is 7.42. The van der Waals surface area contributed by atoms with Crippen LogP contribution < -0.4 is 0 Å². The Labute approximate surface area is 124 Å². The fourth-order valence-electron chi connectivity index (χ4n) is 3.05. The number of carbonyl (C=O) groups is 2. The molecule has 0 spiro atoms. The predicted molar refractivity (Wildman–Crippen MR) is 78.2 cm³/mol. The monoisotopic (exact) mass is 293 g/mol. The third-order valence-electron chi connectivity index (χ3n) is 4.25. The molecule has 2 atom stereocenters. The van der Waals surface area contributed by atoms with E-state index < -0.39 is 11.9 Å². The Morgan fingerprint density at radius 1 is 1.33 bits per heavy atom. The van der Waals surface area contributed by atoms with Crippen LogP contribution in [0.2, 0.25) is 0 Å². The Morgan fingerprint density at radius 3 is 2.52 bits per heavy atom. The van der Waals surface area contributed by atoms with E-state index in [2.05, 4.69) is 12.0 Å². The van der Waals surface area contributed by atoms with Gasteiger partial charge in [0.15, 0.2) is 0 Å². The highest BCUT2D eigenvalue weighted by atomic mass is 16.4. The summed E-state index contributed by atoms with van der Waals surface area (Å²) in [4.78, 5) is 25.5. The number of nitrogens with zero attached hydrogens (tertiary/aromatic N) is 3. The van der Waals surface area contributed by atoms with E-state index in [4.69, 9.17) is 0 Å². The third-order valence-corrected chi connectivity index (χ3v) is 4.25. The minimum absolute atomic E-state index is 0.0160. The summed E-state index contributed by atoms with van der Waals surface area (Å²) in [5.74, 6) is -1.41. The Morgan fingerprint density at radius 2 is 2.00 bits per heavy atom. The first kappa shape index (κ1) is 15.5. The van der Waals surface area contributed by atoms with Gasteiger partial charge in [-0.3, -0.25) is 14.3 Å². The zero-order chi connectivity index (χ0) is 15.7. The summed E-state index contributed by atoms with van der Waals surface area (Å²) >= 11 is 0. The maximum atomic E-state index is 12.7. The fourth-order valence-corrected chi connectivity index (χ4v) is 3.05. The average molecular weight is 293 g/mol. The van der Waals surface area contributed by atoms with Crippen LogP contribution in [0, 0.1) is 25.7 Å². The second-order valence-corrected chi connectivity index (χ2v) is 5.90. The van der Waals surface area contributed by atoms with Gasteiger partial charge in [0.05, 0.1) is 17.2 Å². The first-order valence-electron chi connectivity index (χ1n) is 7.42. The number of hydrogen-bond donors (Lipinski definition) is 1. The molecule has 1 fully saturated rings. The highest BCUT2D eigenvalue weighted by Crippen LogP contribution is 2.26. The second kappa shape index (κ2) is 5.87. The van der Waals surface area contributed by atoms with Crippen molar-refractivity contribution in [2.24, 2.45) is 11.8 Å². The molecule has 0 radical (unpaired) electrons. The SMILES string of the molecule is CCCn1nc(C)c(C(=O)N2C[C@@H](C)[C@H](C(=O)O)C2)c1C. The van der Waals surface area contributed by atoms with Gasteiger partial charge in [-0.25, -0.2) is 0 Å². The van der Waals surface area contributed by atoms with Crippen molar-refractivity contribution in [2.75, 3.05) is 13.1 Å². The molecule has 0 aromatic carbocycles. The van der Waals surface area contributed by atoms with Gasteiger partial charge < -0.3 is 10.0 Å². The molecule has 1 N–H and O–H groups in total. The highest BCUT2D eigenvalue weighted by Gasteiger charge is 2.38. The van der Waals surface area contributed by atoms with E-state index in [0.717, 1.165) is 24.4 Å². The van der Waals surface area contributed by atoms with Crippen molar-refractivity contribution in [3.63, 3.8) is 0 Å². The normalized spacial score (nSPS) is 21.8. The van der Waals surface area contributed by atoms with Gasteiger partial charge in [0.2, 0.25) is 0 Å². The van der Waals surface area contributed by atoms with Gasteiger partial charge in [0.1, 0.15) is 0 Å². The van der Waals surface area contributed by atoms with Crippen LogP contribution >= 0.6 is 0 Å². The molecular formula is C15H23N3O3. The minimum Gasteiger partial charge on any atom is -0.481 e. The summed E-state index contributed by atoms with van der Waals surface area (Å²) in [5.41, 5.74) is 2.21. The highest BCUT2D eigenvalue weighted by molar-refractivity contribution is 5.97. The largest absolute Gasteiger partial charge is 0.481 e. The van der Waals surface area contributed by atoms with Crippen LogP contribution in [-0.2, 0) is 11.3 Å². The molecule has 116 valence electrons. The van der Waals surface area contributed by atoms with Crippen LogP contribution in [0.1, 0.15) is 42.0 Å². The molecule has 6 nitrogen and oxygen atoms in total. The Balaban J connectivity index is 2.24. The predicted octanol–water partition coefficient (Wildman–Crippen LogP) is 1.70. The number of aliphatic carboxylic acids is 1. The molecule has 1 amide bonds. The van der Waals surface area contributed by atoms with E-state index in [-0.39, 0.29) is 18.4 Å². The zero-order valence-electron chi connectivity index (χ0n) is 13.1. The van der Waals surface area contributed by atoms with E-state index in [1.807, 2.05) is 25.5 Å². The molecule has 0 saturated carbocycles. The van der Waals surface area contributed by atoms with Crippen LogP contribution in [0.3, 0.4) is 0 Å². The average Bonchev–Trinajstić information content (AvgIpc) is 2.91. The summed E-state index contributed by atoms with van der Waals surface area (Å²) in [6.07, 6.45) is 0.956. The molecule has 1 aromatic rings. The van der Waals surface area contributed by atoms with Gasteiger partial charge in [-0.05, 0) is 26.2 Å². The van der Waals surface area contributed by atoms with Crippen molar-refractivity contribution in [1.29, 1.82) is 0 Å². The molecule has 6 heteroatoms. The lowest BCUT2D eigenvalue weighted by atomic mass is 9.99. The molecule has 0 unspecified atom stereocenters. The topological polar surface area (TPSA) is 75.4 Å². The second-order valence-electron chi connectivity index (χ2n) is 5.90. The first-order chi connectivity index (χ1) is 9.86. The van der Waals surface area contributed by atoms with Gasteiger partial charge in [-0.1, -0.05) is 13.8 Å². The van der Waals surface area contributed by atoms with Crippen LogP contribution in [0.5, 0.6) is 0 Å². The molecule has 1 aromatic heterocycles. The summed E-state index contributed by atoms with van der Waals surface area (Å²) in [7, 11) is 0. The number of carboxylic acids is 1. The van der Waals surface area contributed by atoms with Crippen LogP contribution in [0.25, 0.3) is 0 Å². The smallest absolute Gasteiger partial charge is 0.308 e. The van der Waals surface area contributed by atoms with Gasteiger partial charge >= 0.3 is 5.97 Å². The number of aryl methyl sites for hydroxylation is 2. The van der Waals surface area contributed by atoms with E-state index >= 15 is 0 Å². The molecule has 0 aliphatic carbocycles. The zero-order valence-corrected chi connectivity index (χ0v) is 13.1. The summed E-state index contributed by atoms with van der Waals surface area (Å²) in [6, 6.07) is 0. The quantitative estimate of drug-likeness (QED) is 0.917. The number of amides is 1. The Bertz CT molecular complexity index is 565. The molecule has 0 bridgehead atoms. The number of aromatic nitrogens is 2. The van der Waals surface area contributed by atoms with E-state index in [1.54, 1.807) is 4.90 Å². The van der Waals surface area contributed by atoms with Crippen molar-refractivity contribution in [3.05, 3.63) is 17.0 Å². The van der Waals surface area contributed by atoms with E-state index in [1.165, 1.54) is 0 Å². The molecule has 1 aliphatic rings. The minimum atomic E-state index is -0.826. The molecule has 2 heterocycles. The number of likely N-dealkylation sites (tertiary alicyclic amines) is 1. The summed E-state index contributed by atoms with van der Waals surface area (Å²) < 4.78 is 1.86. The molecular weight excluding hydrogens is 270 g/mol. The third kappa shape index (κ3) is 2.80. The van der Waals surface area contributed by atoms with Gasteiger partial charge in [-0.2, -0.15) is 5.10 Å². The lowest BCUT2D eigenvalue weighted by Crippen LogP contribution is -2.30. The van der Waals surface area contributed by atoms with Crippen molar-refractivity contribution in [1.82, 2.24) is 14.7 Å². The molecule has 1 saturated heterocycles. The van der Waals surface area contributed by atoms with Crippen molar-refractivity contribution in [2.45, 2.75) is 40.7 Å². The van der Waals surface area contributed by atoms with Crippen LogP contribution in [0.15, 0.2) is 0 Å². The Hall–Kier alpha value is -1.85. The van der Waals surface area contributed by atoms with Crippen molar-refractivity contribution in [3.8, 4) is 0 Å². The number of carboxylic acid groups (broad SMARTS) is 1. The lowest BCUT2D eigenvalue weighted by Gasteiger charge is -2.16. The standard InChI is InChI=1S/C15H23N3O3/c1-5-6-18-11(4)13(10(3)16-18)14(19)17-7-9(2)12(8-17)15(20)21/h9,12H,5-8H2,1-4H3,(H,20,21)/t9-,12-/m1/s1. The summed E-state index contributed by atoms with van der Waals surface area (Å²) in [6.45, 7) is 9.25. The van der Waals surface area contributed by atoms with E-state index in [0.29, 0.717) is 12.1 Å². The molecule has 1 aliphatic heterocycles. The lowest BCUT2D eigenvalue weighted by molar-refractivity contribution is -0.142. The molecule has 21 heavy (non-hydrogen) atoms. The van der Waals surface area contributed by atoms with Crippen molar-refractivity contribution >= 4 is 11.9 Å². The van der Waals surface area contributed by atoms with Crippen LogP contribution in [-0.4, -0.2) is 44.8 Å². The fraction of sp³-hybridized carbons (Fsp3) is 0.667. The van der Waals surface area contributed by atoms with Crippen LogP contribution in [0.4, 0.5) is 0 Å². The Kier molecular flexibility index (Phi) is 4.34. The van der Waals surface area contributed by atoms with Gasteiger partial charge in [0.25, 0.3) is 5.91 Å². The molecule has 2 rings (SSSR count). The number of carbonyl (C=O) groups excluding carboxylic acids is 1. The van der Waals surface area contributed by atoms with E-state index in [9.17, 15) is 14.7 Å². The maximum absolute atomic E-state index is 12.7. The van der Waals surface area contributed by atoms with Gasteiger partial charge in [-0.15, -0.1) is 0 Å². The van der Waals surface area contributed by atoms with Crippen molar-refractivity contribution < 1.29 is 14.7 Å². The van der Waals surface area contributed by atoms with Gasteiger partial charge in [0, 0.05) is 25.3 Å². The number of hydrogen-bond acceptors (Lipinski definition) is 3. The maximum Gasteiger partial charge on any atom is 0.308 e. The number of rotatable bonds is 4.